The lowest BCUT2D eigenvalue weighted by molar-refractivity contribution is 0.276. The Morgan fingerprint density at radius 3 is 3.00 bits per heavy atom. The zero-order valence-electron chi connectivity index (χ0n) is 6.62. The van der Waals surface area contributed by atoms with E-state index in [9.17, 15) is 9.18 Å². The van der Waals surface area contributed by atoms with Crippen LogP contribution in [0, 0.1) is 5.82 Å². The van der Waals surface area contributed by atoms with Gasteiger partial charge in [0.2, 0.25) is 5.43 Å². The normalized spacial score (nSPS) is 10.9. The van der Waals surface area contributed by atoms with Gasteiger partial charge < -0.3 is 5.11 Å². The summed E-state index contributed by atoms with van der Waals surface area (Å²) in [5, 5.41) is 11.5. The van der Waals surface area contributed by atoms with E-state index < -0.39 is 11.2 Å². The molecule has 68 valence electrons. The molecule has 5 heteroatoms. The Morgan fingerprint density at radius 1 is 1.54 bits per heavy atom. The summed E-state index contributed by atoms with van der Waals surface area (Å²) in [7, 11) is 0. The smallest absolute Gasteiger partial charge is 0.217 e. The number of pyridine rings is 1. The van der Waals surface area contributed by atoms with E-state index in [-0.39, 0.29) is 6.61 Å². The molecule has 2 aromatic heterocycles. The van der Waals surface area contributed by atoms with Gasteiger partial charge in [-0.1, -0.05) is 0 Å². The number of halogens is 1. The predicted molar refractivity (Wildman–Crippen MR) is 43.9 cm³/mol. The van der Waals surface area contributed by atoms with Crippen LogP contribution in [0.3, 0.4) is 0 Å². The third kappa shape index (κ3) is 1.23. The van der Waals surface area contributed by atoms with E-state index in [1.807, 2.05) is 0 Å². The van der Waals surface area contributed by atoms with Crippen LogP contribution in [0.25, 0.3) is 5.52 Å². The molecule has 0 aliphatic carbocycles. The van der Waals surface area contributed by atoms with Gasteiger partial charge in [0.15, 0.2) is 5.82 Å². The van der Waals surface area contributed by atoms with Gasteiger partial charge in [-0.15, -0.1) is 0 Å². The monoisotopic (exact) mass is 182 g/mol. The lowest BCUT2D eigenvalue weighted by atomic mass is 10.3. The largest absolute Gasteiger partial charge is 0.390 e. The Bertz CT molecular complexity index is 500. The summed E-state index contributed by atoms with van der Waals surface area (Å²) >= 11 is 0. The molecule has 2 N–H and O–H groups in total. The number of hydrogen-bond acceptors (Lipinski definition) is 2. The number of aromatic amines is 1. The number of aliphatic hydroxyl groups is 1. The molecule has 4 nitrogen and oxygen atoms in total. The van der Waals surface area contributed by atoms with E-state index in [0.717, 1.165) is 6.20 Å². The van der Waals surface area contributed by atoms with Crippen molar-refractivity contribution in [1.82, 2.24) is 9.61 Å². The average Bonchev–Trinajstić information content (AvgIpc) is 2.48. The molecular weight excluding hydrogens is 175 g/mol. The Hall–Kier alpha value is -1.62. The number of aliphatic hydroxyl groups excluding tert-OH is 1. The van der Waals surface area contributed by atoms with Crippen molar-refractivity contribution < 1.29 is 9.50 Å². The highest BCUT2D eigenvalue weighted by Gasteiger charge is 2.02. The molecule has 0 aromatic carbocycles. The molecule has 0 saturated heterocycles. The first-order valence-electron chi connectivity index (χ1n) is 3.71. The van der Waals surface area contributed by atoms with Gasteiger partial charge in [0, 0.05) is 6.07 Å². The molecule has 13 heavy (non-hydrogen) atoms. The van der Waals surface area contributed by atoms with E-state index in [0.29, 0.717) is 11.2 Å². The molecule has 0 aliphatic heterocycles. The van der Waals surface area contributed by atoms with Crippen LogP contribution in [0.15, 0.2) is 23.1 Å². The van der Waals surface area contributed by atoms with Crippen LogP contribution in [-0.2, 0) is 6.61 Å². The second-order valence-corrected chi connectivity index (χ2v) is 2.72. The predicted octanol–water partition coefficient (Wildman–Crippen LogP) is 0.259. The molecule has 2 rings (SSSR count). The topological polar surface area (TPSA) is 57.5 Å². The van der Waals surface area contributed by atoms with Crippen LogP contribution in [0.2, 0.25) is 0 Å². The minimum Gasteiger partial charge on any atom is -0.390 e. The third-order valence-corrected chi connectivity index (χ3v) is 1.79. The molecule has 0 bridgehead atoms. The number of aromatic nitrogens is 2. The summed E-state index contributed by atoms with van der Waals surface area (Å²) in [6.07, 6.45) is 1.05. The first-order chi connectivity index (χ1) is 6.20. The Balaban J connectivity index is 2.77. The third-order valence-electron chi connectivity index (χ3n) is 1.79. The fourth-order valence-electron chi connectivity index (χ4n) is 1.18. The zero-order chi connectivity index (χ0) is 9.42. The van der Waals surface area contributed by atoms with Gasteiger partial charge in [0.25, 0.3) is 0 Å². The quantitative estimate of drug-likeness (QED) is 0.664. The number of rotatable bonds is 1. The van der Waals surface area contributed by atoms with Gasteiger partial charge in [-0.05, 0) is 6.07 Å². The molecule has 0 spiro atoms. The van der Waals surface area contributed by atoms with Crippen molar-refractivity contribution >= 4 is 5.52 Å². The maximum absolute atomic E-state index is 12.7. The van der Waals surface area contributed by atoms with Crippen LogP contribution >= 0.6 is 0 Å². The summed E-state index contributed by atoms with van der Waals surface area (Å²) < 4.78 is 14.1. The molecule has 0 atom stereocenters. The first-order valence-corrected chi connectivity index (χ1v) is 3.71. The van der Waals surface area contributed by atoms with Crippen LogP contribution in [0.1, 0.15) is 5.69 Å². The highest BCUT2D eigenvalue weighted by atomic mass is 19.1. The van der Waals surface area contributed by atoms with Gasteiger partial charge in [-0.2, -0.15) is 0 Å². The summed E-state index contributed by atoms with van der Waals surface area (Å²) in [5.41, 5.74) is 0.420. The number of fused-ring (bicyclic) bond motifs is 1. The minimum atomic E-state index is -0.816. The zero-order valence-corrected chi connectivity index (χ0v) is 6.62. The van der Waals surface area contributed by atoms with Crippen molar-refractivity contribution in [2.75, 3.05) is 0 Å². The molecule has 0 radical (unpaired) electrons. The Morgan fingerprint density at radius 2 is 2.31 bits per heavy atom. The van der Waals surface area contributed by atoms with Crippen molar-refractivity contribution in [2.45, 2.75) is 6.61 Å². The lowest BCUT2D eigenvalue weighted by Gasteiger charge is -1.92. The Labute approximate surface area is 72.2 Å². The SMILES string of the molecule is O=c1cc2cc(CO)[nH]n2cc1F. The van der Waals surface area contributed by atoms with Crippen LogP contribution in [0.5, 0.6) is 0 Å². The van der Waals surface area contributed by atoms with Crippen LogP contribution < -0.4 is 5.43 Å². The van der Waals surface area contributed by atoms with E-state index in [1.54, 1.807) is 6.07 Å². The fourth-order valence-corrected chi connectivity index (χ4v) is 1.18. The van der Waals surface area contributed by atoms with Gasteiger partial charge in [0.1, 0.15) is 0 Å². The molecule has 0 fully saturated rings. The molecule has 0 amide bonds. The highest BCUT2D eigenvalue weighted by Crippen LogP contribution is 2.04. The molecular formula is C8H7FN2O2. The number of hydrogen-bond donors (Lipinski definition) is 2. The van der Waals surface area contributed by atoms with Gasteiger partial charge >= 0.3 is 0 Å². The molecule has 0 unspecified atom stereocenters. The molecule has 0 aliphatic rings. The standard InChI is InChI=1S/C8H7FN2O2/c9-7-3-11-6(2-8(7)13)1-5(4-12)10-11/h1-3,10,12H,4H2. The maximum atomic E-state index is 12.7. The first kappa shape index (κ1) is 8.00. The van der Waals surface area contributed by atoms with Crippen molar-refractivity contribution in [2.24, 2.45) is 0 Å². The minimum absolute atomic E-state index is 0.169. The van der Waals surface area contributed by atoms with E-state index in [1.165, 1.54) is 10.6 Å². The van der Waals surface area contributed by atoms with Gasteiger partial charge in [0.05, 0.1) is 24.0 Å². The summed E-state index contributed by atoms with van der Waals surface area (Å²) in [6.45, 7) is -0.169. The maximum Gasteiger partial charge on any atom is 0.217 e. The summed E-state index contributed by atoms with van der Waals surface area (Å²) in [6, 6.07) is 2.76. The summed E-state index contributed by atoms with van der Waals surface area (Å²) in [4.78, 5) is 10.9. The molecule has 0 saturated carbocycles. The van der Waals surface area contributed by atoms with Crippen molar-refractivity contribution in [1.29, 1.82) is 0 Å². The highest BCUT2D eigenvalue weighted by molar-refractivity contribution is 5.46. The van der Waals surface area contributed by atoms with Gasteiger partial charge in [-0.3, -0.25) is 14.4 Å². The second kappa shape index (κ2) is 2.70. The van der Waals surface area contributed by atoms with Gasteiger partial charge in [-0.25, -0.2) is 4.39 Å². The fraction of sp³-hybridized carbons (Fsp3) is 0.125. The Kier molecular flexibility index (Phi) is 1.66. The summed E-state index contributed by atoms with van der Waals surface area (Å²) in [5.74, 6) is -0.816. The number of nitrogens with zero attached hydrogens (tertiary/aromatic N) is 1. The van der Waals surface area contributed by atoms with E-state index in [2.05, 4.69) is 5.10 Å². The molecule has 2 aromatic rings. The van der Waals surface area contributed by atoms with Crippen molar-refractivity contribution in [3.63, 3.8) is 0 Å². The van der Waals surface area contributed by atoms with Crippen LogP contribution in [-0.4, -0.2) is 14.7 Å². The average molecular weight is 182 g/mol. The van der Waals surface area contributed by atoms with E-state index in [4.69, 9.17) is 5.11 Å². The van der Waals surface area contributed by atoms with Crippen molar-refractivity contribution in [3.05, 3.63) is 40.1 Å². The lowest BCUT2D eigenvalue weighted by Crippen LogP contribution is -2.06. The second-order valence-electron chi connectivity index (χ2n) is 2.72. The number of H-pyrrole nitrogens is 1. The number of nitrogens with one attached hydrogen (secondary N) is 1. The van der Waals surface area contributed by atoms with Crippen molar-refractivity contribution in [3.8, 4) is 0 Å². The van der Waals surface area contributed by atoms with E-state index >= 15 is 0 Å². The van der Waals surface area contributed by atoms with Crippen LogP contribution in [0.4, 0.5) is 4.39 Å². The molecule has 2 heterocycles.